The number of aromatic nitrogens is 1. The van der Waals surface area contributed by atoms with E-state index in [2.05, 4.69) is 29.4 Å². The van der Waals surface area contributed by atoms with E-state index in [1.54, 1.807) is 24.3 Å². The molecule has 2 saturated heterocycles. The number of amides is 1. The molecule has 7 nitrogen and oxygen atoms in total. The monoisotopic (exact) mass is 481 g/mol. The average Bonchev–Trinajstić information content (AvgIpc) is 3.27. The van der Waals surface area contributed by atoms with E-state index in [0.717, 1.165) is 18.4 Å². The highest BCUT2D eigenvalue weighted by Crippen LogP contribution is 2.33. The summed E-state index contributed by atoms with van der Waals surface area (Å²) in [6, 6.07) is 14.7. The summed E-state index contributed by atoms with van der Waals surface area (Å²) in [5.74, 6) is 0.376. The van der Waals surface area contributed by atoms with Gasteiger partial charge in [-0.1, -0.05) is 18.2 Å². The molecule has 5 rings (SSSR count). The van der Waals surface area contributed by atoms with Crippen LogP contribution in [0.15, 0.2) is 59.6 Å². The molecule has 2 aromatic carbocycles. The molecule has 1 aromatic heterocycles. The number of hydrogen-bond acceptors (Lipinski definition) is 4. The Balaban J connectivity index is 1.24. The smallest absolute Gasteiger partial charge is 0.253 e. The normalized spacial score (nSPS) is 22.8. The molecule has 34 heavy (non-hydrogen) atoms. The summed E-state index contributed by atoms with van der Waals surface area (Å²) in [6.07, 6.45) is 3.63. The zero-order chi connectivity index (χ0) is 23.9. The van der Waals surface area contributed by atoms with E-state index in [-0.39, 0.29) is 23.0 Å². The van der Waals surface area contributed by atoms with Crippen molar-refractivity contribution in [2.75, 3.05) is 26.2 Å². The molecule has 0 saturated carbocycles. The SMILES string of the molecule is C[C@@H]1CN(S(=O)(=O)c2ccc(C(=O)N3CCC(c4c[nH]c5ccccc45)CC3)cc2)C[C@H](C)O1. The molecule has 3 heterocycles. The van der Waals surface area contributed by atoms with Crippen LogP contribution in [0.2, 0.25) is 0 Å². The van der Waals surface area contributed by atoms with E-state index >= 15 is 0 Å². The number of sulfonamides is 1. The Morgan fingerprint density at radius 2 is 1.62 bits per heavy atom. The number of H-pyrrole nitrogens is 1. The molecule has 0 aliphatic carbocycles. The van der Waals surface area contributed by atoms with Crippen molar-refractivity contribution in [1.29, 1.82) is 0 Å². The molecule has 2 fully saturated rings. The lowest BCUT2D eigenvalue weighted by molar-refractivity contribution is -0.0440. The molecule has 1 N–H and O–H groups in total. The zero-order valence-electron chi connectivity index (χ0n) is 19.6. The van der Waals surface area contributed by atoms with Crippen LogP contribution in [0.4, 0.5) is 0 Å². The number of carbonyl (C=O) groups is 1. The highest BCUT2D eigenvalue weighted by Gasteiger charge is 2.32. The van der Waals surface area contributed by atoms with Gasteiger partial charge in [0.25, 0.3) is 5.91 Å². The molecule has 3 aromatic rings. The number of rotatable bonds is 4. The third-order valence-corrected chi connectivity index (χ3v) is 8.81. The van der Waals surface area contributed by atoms with Gasteiger partial charge in [-0.3, -0.25) is 4.79 Å². The Hall–Kier alpha value is -2.68. The lowest BCUT2D eigenvalue weighted by Gasteiger charge is -2.34. The minimum absolute atomic E-state index is 0.0464. The van der Waals surface area contributed by atoms with Crippen molar-refractivity contribution >= 4 is 26.8 Å². The Morgan fingerprint density at radius 3 is 2.29 bits per heavy atom. The van der Waals surface area contributed by atoms with E-state index in [0.29, 0.717) is 37.7 Å². The van der Waals surface area contributed by atoms with Crippen molar-refractivity contribution in [1.82, 2.24) is 14.2 Å². The van der Waals surface area contributed by atoms with Crippen LogP contribution in [0, 0.1) is 0 Å². The first-order valence-electron chi connectivity index (χ1n) is 11.9. The van der Waals surface area contributed by atoms with Crippen LogP contribution in [-0.2, 0) is 14.8 Å². The summed E-state index contributed by atoms with van der Waals surface area (Å²) in [6.45, 7) is 5.79. The molecule has 0 bridgehead atoms. The maximum atomic E-state index is 13.1. The molecule has 2 atom stereocenters. The standard InChI is InChI=1S/C26H31N3O4S/c1-18-16-29(17-19(2)33-18)34(31,32)22-9-7-21(8-10-22)26(30)28-13-11-20(12-14-28)24-15-27-25-6-4-3-5-23(24)25/h3-10,15,18-20,27H,11-14,16-17H2,1-2H3/t18-,19+. The van der Waals surface area contributed by atoms with Crippen molar-refractivity contribution in [3.8, 4) is 0 Å². The first-order valence-corrected chi connectivity index (χ1v) is 13.4. The van der Waals surface area contributed by atoms with Crippen molar-refractivity contribution < 1.29 is 17.9 Å². The van der Waals surface area contributed by atoms with Gasteiger partial charge in [-0.25, -0.2) is 8.42 Å². The summed E-state index contributed by atoms with van der Waals surface area (Å²) < 4.78 is 33.3. The number of morpholine rings is 1. The van der Waals surface area contributed by atoms with Crippen LogP contribution >= 0.6 is 0 Å². The predicted molar refractivity (Wildman–Crippen MR) is 131 cm³/mol. The topological polar surface area (TPSA) is 82.7 Å². The van der Waals surface area contributed by atoms with Crippen molar-refractivity contribution in [2.24, 2.45) is 0 Å². The lowest BCUT2D eigenvalue weighted by atomic mass is 9.89. The summed E-state index contributed by atoms with van der Waals surface area (Å²) >= 11 is 0. The van der Waals surface area contributed by atoms with Gasteiger partial charge in [0.1, 0.15) is 0 Å². The Labute approximate surface area is 200 Å². The number of aromatic amines is 1. The lowest BCUT2D eigenvalue weighted by Crippen LogP contribution is -2.48. The van der Waals surface area contributed by atoms with Crippen LogP contribution in [-0.4, -0.2) is 66.9 Å². The third-order valence-electron chi connectivity index (χ3n) is 6.97. The highest BCUT2D eigenvalue weighted by molar-refractivity contribution is 7.89. The fourth-order valence-electron chi connectivity index (χ4n) is 5.25. The Morgan fingerprint density at radius 1 is 0.971 bits per heavy atom. The molecule has 0 spiro atoms. The Bertz CT molecular complexity index is 1270. The first kappa shape index (κ1) is 23.1. The van der Waals surface area contributed by atoms with Gasteiger partial charge in [0, 0.05) is 48.8 Å². The van der Waals surface area contributed by atoms with Gasteiger partial charge in [0.2, 0.25) is 10.0 Å². The van der Waals surface area contributed by atoms with Crippen LogP contribution in [0.1, 0.15) is 48.5 Å². The number of hydrogen-bond donors (Lipinski definition) is 1. The van der Waals surface area contributed by atoms with E-state index in [9.17, 15) is 13.2 Å². The summed E-state index contributed by atoms with van der Waals surface area (Å²) in [4.78, 5) is 18.5. The van der Waals surface area contributed by atoms with Crippen LogP contribution in [0.25, 0.3) is 10.9 Å². The molecular formula is C26H31N3O4S. The van der Waals surface area contributed by atoms with Gasteiger partial charge in [-0.15, -0.1) is 0 Å². The number of benzene rings is 2. The van der Waals surface area contributed by atoms with Crippen molar-refractivity contribution in [2.45, 2.75) is 49.7 Å². The molecule has 180 valence electrons. The number of likely N-dealkylation sites (tertiary alicyclic amines) is 1. The molecular weight excluding hydrogens is 450 g/mol. The van der Waals surface area contributed by atoms with Gasteiger partial charge >= 0.3 is 0 Å². The van der Waals surface area contributed by atoms with E-state index in [1.807, 2.05) is 24.8 Å². The fraction of sp³-hybridized carbons (Fsp3) is 0.423. The van der Waals surface area contributed by atoms with E-state index < -0.39 is 10.0 Å². The number of nitrogens with zero attached hydrogens (tertiary/aromatic N) is 2. The summed E-state index contributed by atoms with van der Waals surface area (Å²) in [7, 11) is -3.62. The molecule has 2 aliphatic rings. The molecule has 0 unspecified atom stereocenters. The molecule has 2 aliphatic heterocycles. The first-order chi connectivity index (χ1) is 16.3. The predicted octanol–water partition coefficient (Wildman–Crippen LogP) is 3.99. The number of carbonyl (C=O) groups excluding carboxylic acids is 1. The molecule has 1 amide bonds. The van der Waals surface area contributed by atoms with Crippen LogP contribution < -0.4 is 0 Å². The van der Waals surface area contributed by atoms with Gasteiger partial charge in [0.15, 0.2) is 0 Å². The Kier molecular flexibility index (Phi) is 6.22. The second-order valence-electron chi connectivity index (χ2n) is 9.46. The highest BCUT2D eigenvalue weighted by atomic mass is 32.2. The largest absolute Gasteiger partial charge is 0.373 e. The third kappa shape index (κ3) is 4.37. The van der Waals surface area contributed by atoms with E-state index in [1.165, 1.54) is 15.3 Å². The number of para-hydroxylation sites is 1. The van der Waals surface area contributed by atoms with Gasteiger partial charge < -0.3 is 14.6 Å². The van der Waals surface area contributed by atoms with Gasteiger partial charge in [0.05, 0.1) is 17.1 Å². The fourth-order valence-corrected chi connectivity index (χ4v) is 6.84. The number of nitrogens with one attached hydrogen (secondary N) is 1. The van der Waals surface area contributed by atoms with Crippen molar-refractivity contribution in [3.63, 3.8) is 0 Å². The van der Waals surface area contributed by atoms with E-state index in [4.69, 9.17) is 4.74 Å². The van der Waals surface area contributed by atoms with Gasteiger partial charge in [-0.05, 0) is 68.5 Å². The average molecular weight is 482 g/mol. The maximum Gasteiger partial charge on any atom is 0.253 e. The summed E-state index contributed by atoms with van der Waals surface area (Å²) in [5, 5.41) is 1.26. The maximum absolute atomic E-state index is 13.1. The quantitative estimate of drug-likeness (QED) is 0.611. The second kappa shape index (κ2) is 9.17. The number of fused-ring (bicyclic) bond motifs is 1. The number of ether oxygens (including phenoxy) is 1. The second-order valence-corrected chi connectivity index (χ2v) is 11.4. The van der Waals surface area contributed by atoms with Crippen molar-refractivity contribution in [3.05, 3.63) is 65.9 Å². The minimum atomic E-state index is -3.62. The van der Waals surface area contributed by atoms with Crippen LogP contribution in [0.5, 0.6) is 0 Å². The molecule has 8 heteroatoms. The van der Waals surface area contributed by atoms with Crippen LogP contribution in [0.3, 0.4) is 0 Å². The molecule has 0 radical (unpaired) electrons. The zero-order valence-corrected chi connectivity index (χ0v) is 20.4. The number of piperidine rings is 1. The minimum Gasteiger partial charge on any atom is -0.373 e. The van der Waals surface area contributed by atoms with Gasteiger partial charge in [-0.2, -0.15) is 4.31 Å². The summed E-state index contributed by atoms with van der Waals surface area (Å²) in [5.41, 5.74) is 2.99.